The van der Waals surface area contributed by atoms with Crippen LogP contribution in [0.1, 0.15) is 39.3 Å². The number of carbonyl (C=O) groups excluding carboxylic acids is 2. The highest BCUT2D eigenvalue weighted by molar-refractivity contribution is 6.00. The first-order valence-corrected chi connectivity index (χ1v) is 8.69. The van der Waals surface area contributed by atoms with Gasteiger partial charge in [-0.1, -0.05) is 0 Å². The number of aromatic nitrogens is 2. The number of pyridine rings is 2. The van der Waals surface area contributed by atoms with Crippen molar-refractivity contribution in [1.82, 2.24) is 19.8 Å². The van der Waals surface area contributed by atoms with E-state index in [0.29, 0.717) is 36.6 Å². The molecule has 126 valence electrons. The zero-order valence-corrected chi connectivity index (χ0v) is 13.8. The van der Waals surface area contributed by atoms with Crippen LogP contribution in [0.15, 0.2) is 42.9 Å². The van der Waals surface area contributed by atoms with Gasteiger partial charge in [0.25, 0.3) is 11.8 Å². The number of rotatable bonds is 2. The van der Waals surface area contributed by atoms with Gasteiger partial charge >= 0.3 is 0 Å². The van der Waals surface area contributed by atoms with Crippen LogP contribution >= 0.6 is 0 Å². The van der Waals surface area contributed by atoms with E-state index in [1.807, 2.05) is 15.9 Å². The van der Waals surface area contributed by atoms with E-state index in [2.05, 4.69) is 9.97 Å². The summed E-state index contributed by atoms with van der Waals surface area (Å²) in [5, 5.41) is 0. The maximum absolute atomic E-state index is 13.2. The molecular weight excluding hydrogens is 316 g/mol. The molecule has 0 aromatic carbocycles. The van der Waals surface area contributed by atoms with E-state index in [0.717, 1.165) is 18.5 Å². The molecule has 2 aromatic heterocycles. The predicted octanol–water partition coefficient (Wildman–Crippen LogP) is 1.74. The third-order valence-corrected chi connectivity index (χ3v) is 5.66. The van der Waals surface area contributed by atoms with Crippen molar-refractivity contribution in [3.05, 3.63) is 59.7 Å². The van der Waals surface area contributed by atoms with Gasteiger partial charge in [0.05, 0.1) is 16.8 Å². The van der Waals surface area contributed by atoms with Gasteiger partial charge in [0, 0.05) is 44.0 Å². The number of fused-ring (bicyclic) bond motifs is 2. The van der Waals surface area contributed by atoms with E-state index >= 15 is 0 Å². The lowest BCUT2D eigenvalue weighted by atomic mass is 9.88. The van der Waals surface area contributed by atoms with Crippen molar-refractivity contribution in [1.29, 1.82) is 0 Å². The zero-order chi connectivity index (χ0) is 17.0. The van der Waals surface area contributed by atoms with Crippen molar-refractivity contribution in [2.75, 3.05) is 13.1 Å². The summed E-state index contributed by atoms with van der Waals surface area (Å²) in [5.74, 6) is 0.284. The molecule has 5 rings (SSSR count). The molecule has 0 radical (unpaired) electrons. The third-order valence-electron chi connectivity index (χ3n) is 5.66. The van der Waals surface area contributed by atoms with Crippen LogP contribution in [-0.4, -0.2) is 50.3 Å². The first-order valence-electron chi connectivity index (χ1n) is 8.69. The van der Waals surface area contributed by atoms with Crippen LogP contribution in [0.25, 0.3) is 0 Å². The first-order chi connectivity index (χ1) is 12.2. The number of hydrogen-bond acceptors (Lipinski definition) is 4. The molecule has 0 unspecified atom stereocenters. The molecule has 2 aromatic rings. The second kappa shape index (κ2) is 5.12. The minimum atomic E-state index is -0.564. The van der Waals surface area contributed by atoms with E-state index in [4.69, 9.17) is 0 Å². The summed E-state index contributed by atoms with van der Waals surface area (Å²) in [6, 6.07) is 7.20. The van der Waals surface area contributed by atoms with Crippen molar-refractivity contribution in [3.8, 4) is 0 Å². The fourth-order valence-electron chi connectivity index (χ4n) is 4.42. The van der Waals surface area contributed by atoms with Gasteiger partial charge in [0.2, 0.25) is 0 Å². The van der Waals surface area contributed by atoms with Gasteiger partial charge in [-0.15, -0.1) is 0 Å². The molecule has 6 nitrogen and oxygen atoms in total. The monoisotopic (exact) mass is 334 g/mol. The molecular formula is C19H18N4O2. The summed E-state index contributed by atoms with van der Waals surface area (Å²) in [7, 11) is 0. The Bertz CT molecular complexity index is 865. The summed E-state index contributed by atoms with van der Waals surface area (Å²) in [4.78, 5) is 38.6. The molecule has 4 heterocycles. The van der Waals surface area contributed by atoms with Crippen LogP contribution < -0.4 is 0 Å². The molecule has 2 fully saturated rings. The second-order valence-corrected chi connectivity index (χ2v) is 6.98. The molecule has 0 N–H and O–H groups in total. The van der Waals surface area contributed by atoms with Crippen LogP contribution in [0.3, 0.4) is 0 Å². The minimum absolute atomic E-state index is 0.00253. The number of carbonyl (C=O) groups is 2. The molecule has 0 spiro atoms. The average Bonchev–Trinajstić information content (AvgIpc) is 3.44. The molecule has 3 aliphatic rings. The summed E-state index contributed by atoms with van der Waals surface area (Å²) in [6.07, 6.45) is 7.69. The second-order valence-electron chi connectivity index (χ2n) is 6.98. The average molecular weight is 334 g/mol. The first kappa shape index (κ1) is 14.6. The van der Waals surface area contributed by atoms with Crippen LogP contribution in [0.2, 0.25) is 0 Å². The highest BCUT2D eigenvalue weighted by Crippen LogP contribution is 2.51. The zero-order valence-electron chi connectivity index (χ0n) is 13.8. The highest BCUT2D eigenvalue weighted by atomic mass is 16.2. The molecule has 1 atom stereocenters. The van der Waals surface area contributed by atoms with Gasteiger partial charge in [-0.2, -0.15) is 0 Å². The lowest BCUT2D eigenvalue weighted by Crippen LogP contribution is -2.62. The van der Waals surface area contributed by atoms with Crippen LogP contribution in [0.5, 0.6) is 0 Å². The summed E-state index contributed by atoms with van der Waals surface area (Å²) in [6.45, 7) is 1.14. The number of amides is 2. The van der Waals surface area contributed by atoms with Gasteiger partial charge in [-0.05, 0) is 37.1 Å². The molecule has 1 saturated heterocycles. The van der Waals surface area contributed by atoms with Crippen molar-refractivity contribution in [2.45, 2.75) is 24.9 Å². The van der Waals surface area contributed by atoms with E-state index < -0.39 is 5.66 Å². The lowest BCUT2D eigenvalue weighted by Gasteiger charge is -2.47. The molecule has 2 aliphatic heterocycles. The predicted molar refractivity (Wildman–Crippen MR) is 89.7 cm³/mol. The Labute approximate surface area is 145 Å². The standard InChI is InChI=1S/C19H18N4O2/c24-17(13-3-1-7-20-12-13)22-9-10-23-18(25)15-4-2-8-21-16(15)11-19(22,23)14-5-6-14/h1-4,7-8,12,14H,5-6,9-11H2/t19-/m1/s1. The van der Waals surface area contributed by atoms with Gasteiger partial charge < -0.3 is 9.80 Å². The molecule has 6 heteroatoms. The summed E-state index contributed by atoms with van der Waals surface area (Å²) < 4.78 is 0. The highest BCUT2D eigenvalue weighted by Gasteiger charge is 2.61. The smallest absolute Gasteiger partial charge is 0.257 e. The summed E-state index contributed by atoms with van der Waals surface area (Å²) in [5.41, 5.74) is 1.49. The number of nitrogens with zero attached hydrogens (tertiary/aromatic N) is 4. The van der Waals surface area contributed by atoms with E-state index in [9.17, 15) is 9.59 Å². The van der Waals surface area contributed by atoms with E-state index in [1.165, 1.54) is 0 Å². The Kier molecular flexibility index (Phi) is 2.98. The molecule has 1 saturated carbocycles. The Morgan fingerprint density at radius 1 is 1.16 bits per heavy atom. The number of hydrogen-bond donors (Lipinski definition) is 0. The van der Waals surface area contributed by atoms with Gasteiger partial charge in [0.1, 0.15) is 5.66 Å². The maximum Gasteiger partial charge on any atom is 0.257 e. The third kappa shape index (κ3) is 1.97. The molecule has 25 heavy (non-hydrogen) atoms. The van der Waals surface area contributed by atoms with E-state index in [-0.39, 0.29) is 11.8 Å². The van der Waals surface area contributed by atoms with Crippen LogP contribution in [0.4, 0.5) is 0 Å². The minimum Gasteiger partial charge on any atom is -0.313 e. The fourth-order valence-corrected chi connectivity index (χ4v) is 4.42. The quantitative estimate of drug-likeness (QED) is 0.839. The van der Waals surface area contributed by atoms with Crippen molar-refractivity contribution in [3.63, 3.8) is 0 Å². The lowest BCUT2D eigenvalue weighted by molar-refractivity contribution is -0.00218. The van der Waals surface area contributed by atoms with Crippen molar-refractivity contribution < 1.29 is 9.59 Å². The topological polar surface area (TPSA) is 66.4 Å². The largest absolute Gasteiger partial charge is 0.313 e. The fraction of sp³-hybridized carbons (Fsp3) is 0.368. The van der Waals surface area contributed by atoms with Gasteiger partial charge in [-0.3, -0.25) is 19.6 Å². The van der Waals surface area contributed by atoms with Gasteiger partial charge in [-0.25, -0.2) is 0 Å². The van der Waals surface area contributed by atoms with E-state index in [1.54, 1.807) is 36.8 Å². The van der Waals surface area contributed by atoms with Crippen LogP contribution in [-0.2, 0) is 6.42 Å². The Morgan fingerprint density at radius 3 is 2.76 bits per heavy atom. The summed E-state index contributed by atoms with van der Waals surface area (Å²) >= 11 is 0. The normalized spacial score (nSPS) is 24.9. The molecule has 0 bridgehead atoms. The molecule has 2 amide bonds. The molecule has 1 aliphatic carbocycles. The Hall–Kier alpha value is -2.76. The van der Waals surface area contributed by atoms with Crippen molar-refractivity contribution >= 4 is 11.8 Å². The maximum atomic E-state index is 13.2. The van der Waals surface area contributed by atoms with Gasteiger partial charge in [0.15, 0.2) is 0 Å². The SMILES string of the molecule is O=C(c1cccnc1)N1CCN2C(=O)c3cccnc3C[C@@]12C1CC1. The Morgan fingerprint density at radius 2 is 2.00 bits per heavy atom. The Balaban J connectivity index is 1.61. The van der Waals surface area contributed by atoms with Crippen LogP contribution in [0, 0.1) is 5.92 Å². The van der Waals surface area contributed by atoms with Crippen molar-refractivity contribution in [2.24, 2.45) is 5.92 Å².